The molecular formula is C22H20N2O6. The molecule has 2 aromatic carbocycles. The summed E-state index contributed by atoms with van der Waals surface area (Å²) in [6.07, 6.45) is 0. The molecule has 1 aromatic heterocycles. The van der Waals surface area contributed by atoms with Crippen molar-refractivity contribution in [3.8, 4) is 0 Å². The van der Waals surface area contributed by atoms with E-state index >= 15 is 0 Å². The molecule has 30 heavy (non-hydrogen) atoms. The van der Waals surface area contributed by atoms with Crippen LogP contribution in [0.25, 0.3) is 22.2 Å². The molecule has 0 saturated heterocycles. The van der Waals surface area contributed by atoms with E-state index in [1.165, 1.54) is 4.90 Å². The summed E-state index contributed by atoms with van der Waals surface area (Å²) in [5, 5.41) is 18.3. The Hall–Kier alpha value is -3.49. The number of aromatic nitrogens is 1. The van der Waals surface area contributed by atoms with Crippen molar-refractivity contribution in [2.75, 3.05) is 32.9 Å². The molecule has 2 N–H and O–H groups in total. The first kappa shape index (κ1) is 19.8. The van der Waals surface area contributed by atoms with Crippen molar-refractivity contribution in [1.29, 1.82) is 0 Å². The fraction of sp³-hybridized carbons (Fsp3) is 0.227. The van der Waals surface area contributed by atoms with Crippen molar-refractivity contribution in [2.45, 2.75) is 0 Å². The molecule has 3 aromatic rings. The highest BCUT2D eigenvalue weighted by molar-refractivity contribution is 6.26. The number of esters is 1. The van der Waals surface area contributed by atoms with Crippen LogP contribution in [0.3, 0.4) is 0 Å². The SMILES string of the molecule is O=C1OCC(c2ccccc2)=C1c1nc2cc(C(=O)N(CCO)CCO)ccc2o1. The van der Waals surface area contributed by atoms with Crippen LogP contribution in [-0.2, 0) is 9.53 Å². The third-order valence-electron chi connectivity index (χ3n) is 4.85. The van der Waals surface area contributed by atoms with E-state index in [2.05, 4.69) is 4.98 Å². The van der Waals surface area contributed by atoms with Crippen molar-refractivity contribution in [1.82, 2.24) is 9.88 Å². The summed E-state index contributed by atoms with van der Waals surface area (Å²) in [4.78, 5) is 30.8. The minimum absolute atomic E-state index is 0.112. The molecule has 2 heterocycles. The van der Waals surface area contributed by atoms with Crippen LogP contribution >= 0.6 is 0 Å². The quantitative estimate of drug-likeness (QED) is 0.572. The van der Waals surface area contributed by atoms with E-state index in [0.717, 1.165) is 5.56 Å². The second-order valence-electron chi connectivity index (χ2n) is 6.74. The fourth-order valence-electron chi connectivity index (χ4n) is 3.39. The molecule has 1 aliphatic heterocycles. The first-order valence-corrected chi connectivity index (χ1v) is 9.50. The van der Waals surface area contributed by atoms with E-state index < -0.39 is 5.97 Å². The highest BCUT2D eigenvalue weighted by Gasteiger charge is 2.31. The fourth-order valence-corrected chi connectivity index (χ4v) is 3.39. The van der Waals surface area contributed by atoms with E-state index in [-0.39, 0.29) is 50.3 Å². The second-order valence-corrected chi connectivity index (χ2v) is 6.74. The monoisotopic (exact) mass is 408 g/mol. The number of cyclic esters (lactones) is 1. The zero-order valence-electron chi connectivity index (χ0n) is 16.1. The predicted octanol–water partition coefficient (Wildman–Crippen LogP) is 1.72. The van der Waals surface area contributed by atoms with E-state index in [4.69, 9.17) is 19.4 Å². The number of rotatable bonds is 7. The maximum absolute atomic E-state index is 12.7. The van der Waals surface area contributed by atoms with Crippen LogP contribution in [0.4, 0.5) is 0 Å². The molecule has 0 atom stereocenters. The van der Waals surface area contributed by atoms with Crippen molar-refractivity contribution in [2.24, 2.45) is 0 Å². The standard InChI is InChI=1S/C22H20N2O6/c25-10-8-24(9-11-26)21(27)15-6-7-18-17(12-15)23-20(30-18)19-16(13-29-22(19)28)14-4-2-1-3-5-14/h1-7,12,25-26H,8-11,13H2. The molecule has 0 saturated carbocycles. The third kappa shape index (κ3) is 3.70. The normalized spacial score (nSPS) is 13.7. The minimum atomic E-state index is -0.506. The van der Waals surface area contributed by atoms with Crippen LogP contribution in [0.1, 0.15) is 21.8 Å². The van der Waals surface area contributed by atoms with Crippen LogP contribution < -0.4 is 0 Å². The van der Waals surface area contributed by atoms with E-state index in [1.54, 1.807) is 18.2 Å². The number of carbonyl (C=O) groups excluding carboxylic acids is 2. The Bertz CT molecular complexity index is 1110. The van der Waals surface area contributed by atoms with Gasteiger partial charge in [0, 0.05) is 24.2 Å². The molecule has 0 bridgehead atoms. The Morgan fingerprint density at radius 1 is 1.07 bits per heavy atom. The molecule has 8 heteroatoms. The molecule has 0 aliphatic carbocycles. The zero-order chi connectivity index (χ0) is 21.1. The molecule has 154 valence electrons. The molecular weight excluding hydrogens is 388 g/mol. The number of ether oxygens (including phenoxy) is 1. The summed E-state index contributed by atoms with van der Waals surface area (Å²) in [5.74, 6) is -0.707. The first-order chi connectivity index (χ1) is 14.6. The van der Waals surface area contributed by atoms with Gasteiger partial charge in [0.2, 0.25) is 5.89 Å². The van der Waals surface area contributed by atoms with Gasteiger partial charge in [0.25, 0.3) is 5.91 Å². The van der Waals surface area contributed by atoms with Crippen LogP contribution in [0, 0.1) is 0 Å². The van der Waals surface area contributed by atoms with Gasteiger partial charge in [-0.2, -0.15) is 0 Å². The molecule has 0 unspecified atom stereocenters. The highest BCUT2D eigenvalue weighted by Crippen LogP contribution is 2.34. The van der Waals surface area contributed by atoms with Crippen molar-refractivity contribution in [3.05, 3.63) is 65.5 Å². The molecule has 8 nitrogen and oxygen atoms in total. The average Bonchev–Trinajstić information content (AvgIpc) is 3.36. The smallest absolute Gasteiger partial charge is 0.344 e. The first-order valence-electron chi connectivity index (χ1n) is 9.50. The van der Waals surface area contributed by atoms with Crippen molar-refractivity contribution < 1.29 is 29.0 Å². The Kier molecular flexibility index (Phi) is 5.60. The van der Waals surface area contributed by atoms with Gasteiger partial charge in [-0.05, 0) is 23.8 Å². The maximum atomic E-state index is 12.7. The van der Waals surface area contributed by atoms with E-state index in [9.17, 15) is 9.59 Å². The van der Waals surface area contributed by atoms with Gasteiger partial charge >= 0.3 is 5.97 Å². The van der Waals surface area contributed by atoms with Gasteiger partial charge in [-0.25, -0.2) is 9.78 Å². The van der Waals surface area contributed by atoms with Gasteiger partial charge in [-0.3, -0.25) is 4.79 Å². The maximum Gasteiger partial charge on any atom is 0.344 e. The zero-order valence-corrected chi connectivity index (χ0v) is 16.1. The number of carbonyl (C=O) groups is 2. The van der Waals surface area contributed by atoms with Crippen molar-refractivity contribution in [3.63, 3.8) is 0 Å². The summed E-state index contributed by atoms with van der Waals surface area (Å²) in [6.45, 7) is -0.0551. The van der Waals surface area contributed by atoms with Gasteiger partial charge in [0.05, 0.1) is 13.2 Å². The van der Waals surface area contributed by atoms with Gasteiger partial charge in [0.15, 0.2) is 5.58 Å². The number of fused-ring (bicyclic) bond motifs is 1. The Morgan fingerprint density at radius 2 is 1.80 bits per heavy atom. The number of benzene rings is 2. The third-order valence-corrected chi connectivity index (χ3v) is 4.85. The number of amides is 1. The number of hydrogen-bond donors (Lipinski definition) is 2. The number of nitrogens with zero attached hydrogens (tertiary/aromatic N) is 2. The Balaban J connectivity index is 1.72. The van der Waals surface area contributed by atoms with E-state index in [0.29, 0.717) is 22.2 Å². The minimum Gasteiger partial charge on any atom is -0.457 e. The molecule has 4 rings (SSSR count). The number of hydrogen-bond acceptors (Lipinski definition) is 7. The summed E-state index contributed by atoms with van der Waals surface area (Å²) in [7, 11) is 0. The average molecular weight is 408 g/mol. The van der Waals surface area contributed by atoms with Crippen LogP contribution in [0.5, 0.6) is 0 Å². The Morgan fingerprint density at radius 3 is 2.50 bits per heavy atom. The summed E-state index contributed by atoms with van der Waals surface area (Å²) in [5.41, 5.74) is 3.00. The molecule has 1 amide bonds. The number of aliphatic hydroxyl groups excluding tert-OH is 2. The van der Waals surface area contributed by atoms with Gasteiger partial charge in [-0.15, -0.1) is 0 Å². The lowest BCUT2D eigenvalue weighted by molar-refractivity contribution is -0.133. The largest absolute Gasteiger partial charge is 0.457 e. The van der Waals surface area contributed by atoms with Gasteiger partial charge in [-0.1, -0.05) is 30.3 Å². The molecule has 1 aliphatic rings. The Labute approximate surface area is 172 Å². The number of oxazole rings is 1. The van der Waals surface area contributed by atoms with Crippen LogP contribution in [-0.4, -0.2) is 64.9 Å². The lowest BCUT2D eigenvalue weighted by atomic mass is 10.0. The van der Waals surface area contributed by atoms with Crippen molar-refractivity contribution >= 4 is 34.1 Å². The molecule has 0 fully saturated rings. The molecule has 0 radical (unpaired) electrons. The van der Waals surface area contributed by atoms with E-state index in [1.807, 2.05) is 30.3 Å². The highest BCUT2D eigenvalue weighted by atomic mass is 16.5. The lowest BCUT2D eigenvalue weighted by Gasteiger charge is -2.20. The van der Waals surface area contributed by atoms with Crippen LogP contribution in [0.2, 0.25) is 0 Å². The topological polar surface area (TPSA) is 113 Å². The summed E-state index contributed by atoms with van der Waals surface area (Å²) >= 11 is 0. The van der Waals surface area contributed by atoms with Gasteiger partial charge in [0.1, 0.15) is 17.7 Å². The summed E-state index contributed by atoms with van der Waals surface area (Å²) in [6, 6.07) is 14.2. The van der Waals surface area contributed by atoms with Gasteiger partial charge < -0.3 is 24.3 Å². The predicted molar refractivity (Wildman–Crippen MR) is 108 cm³/mol. The number of aliphatic hydroxyl groups is 2. The van der Waals surface area contributed by atoms with Crippen LogP contribution in [0.15, 0.2) is 52.9 Å². The second kappa shape index (κ2) is 8.48. The lowest BCUT2D eigenvalue weighted by Crippen LogP contribution is -2.35. The summed E-state index contributed by atoms with van der Waals surface area (Å²) < 4.78 is 11.0. The molecule has 0 spiro atoms.